The monoisotopic (exact) mass is 146 g/mol. The topological polar surface area (TPSA) is 77.8 Å². The number of phosphoric acid groups is 1. The molecule has 0 fully saturated rings. The molecule has 0 aromatic heterocycles. The van der Waals surface area contributed by atoms with Crippen LogP contribution in [0, 0.1) is 0 Å². The smallest absolute Gasteiger partial charge is 1.00 e. The summed E-state index contributed by atoms with van der Waals surface area (Å²) in [6, 6.07) is 0. The van der Waals surface area contributed by atoms with Crippen molar-refractivity contribution < 1.29 is 48.9 Å². The molecule has 0 saturated carbocycles. The molecule has 0 aliphatic rings. The van der Waals surface area contributed by atoms with Gasteiger partial charge in [0.1, 0.15) is 0 Å². The molecule has 0 atom stereocenters. The van der Waals surface area contributed by atoms with Gasteiger partial charge in [-0.05, 0) is 0 Å². The average Bonchev–Trinajstić information content (AvgIpc) is 0.722. The Morgan fingerprint density at radius 1 is 1.12 bits per heavy atom. The van der Waals surface area contributed by atoms with E-state index in [1.54, 1.807) is 0 Å². The number of hydrogen-bond donors (Lipinski definition) is 3. The second-order valence-corrected chi connectivity index (χ2v) is 1.54. The van der Waals surface area contributed by atoms with Crippen LogP contribution < -0.4 is 18.9 Å². The van der Waals surface area contributed by atoms with Gasteiger partial charge in [0.15, 0.2) is 0 Å². The van der Waals surface area contributed by atoms with Crippen LogP contribution in [0.5, 0.6) is 0 Å². The summed E-state index contributed by atoms with van der Waals surface area (Å²) in [6.07, 6.45) is 0. The van der Waals surface area contributed by atoms with Crippen molar-refractivity contribution in [3.05, 3.63) is 0 Å². The van der Waals surface area contributed by atoms with Crippen molar-refractivity contribution in [2.24, 2.45) is 0 Å². The predicted molar refractivity (Wildman–Crippen MR) is 20.4 cm³/mol. The van der Waals surface area contributed by atoms with E-state index in [-0.39, 0.29) is 29.7 Å². The standard InChI is InChI=1S/2FH.Li.H3O4P.H/c;;;1-5(2,3)4;/h2*1H;;(H3,1,2,3,4);/q;;+1;;-1. The third-order valence-electron chi connectivity index (χ3n) is 0. The van der Waals surface area contributed by atoms with Crippen molar-refractivity contribution in [2.45, 2.75) is 0 Å². The second kappa shape index (κ2) is 7.57. The fourth-order valence-electron chi connectivity index (χ4n) is 0. The molecule has 0 amide bonds. The van der Waals surface area contributed by atoms with Crippen molar-refractivity contribution >= 4 is 7.82 Å². The van der Waals surface area contributed by atoms with Crippen molar-refractivity contribution in [1.29, 1.82) is 0 Å². The summed E-state index contributed by atoms with van der Waals surface area (Å²) in [5, 5.41) is 0. The van der Waals surface area contributed by atoms with Gasteiger partial charge in [0.05, 0.1) is 0 Å². The number of halogens is 2. The van der Waals surface area contributed by atoms with Crippen molar-refractivity contribution in [2.75, 3.05) is 0 Å². The second-order valence-electron chi connectivity index (χ2n) is 0.513. The summed E-state index contributed by atoms with van der Waals surface area (Å²) in [7, 11) is -4.64. The number of hydrogen-bond acceptors (Lipinski definition) is 1. The Morgan fingerprint density at radius 2 is 1.12 bits per heavy atom. The van der Waals surface area contributed by atoms with Crippen LogP contribution in [0.4, 0.5) is 9.41 Å². The average molecular weight is 146 g/mol. The third-order valence-corrected chi connectivity index (χ3v) is 0. The molecule has 0 saturated heterocycles. The molecule has 50 valence electrons. The quantitative estimate of drug-likeness (QED) is 0.244. The minimum atomic E-state index is -4.64. The normalized spacial score (nSPS) is 7.38. The largest absolute Gasteiger partial charge is 1.00 e. The molecule has 0 aliphatic heterocycles. The van der Waals surface area contributed by atoms with Gasteiger partial charge >= 0.3 is 26.7 Å². The van der Waals surface area contributed by atoms with Gasteiger partial charge in [-0.1, -0.05) is 0 Å². The minimum Gasteiger partial charge on any atom is -1.00 e. The molecular formula is H6F2LiO4P. The first-order valence-corrected chi connectivity index (χ1v) is 2.35. The van der Waals surface area contributed by atoms with Crippen molar-refractivity contribution in [3.63, 3.8) is 0 Å². The molecule has 0 spiro atoms. The van der Waals surface area contributed by atoms with Gasteiger partial charge in [0.25, 0.3) is 0 Å². The maximum Gasteiger partial charge on any atom is 1.00 e. The van der Waals surface area contributed by atoms with E-state index in [1.807, 2.05) is 0 Å². The first kappa shape index (κ1) is 23.5. The van der Waals surface area contributed by atoms with Crippen molar-refractivity contribution in [1.82, 2.24) is 0 Å². The van der Waals surface area contributed by atoms with Gasteiger partial charge in [-0.25, -0.2) is 4.57 Å². The zero-order valence-electron chi connectivity index (χ0n) is 5.01. The van der Waals surface area contributed by atoms with Crippen LogP contribution in [0.25, 0.3) is 0 Å². The molecule has 8 heteroatoms. The molecule has 0 aliphatic carbocycles. The Hall–Kier alpha value is 0.567. The Labute approximate surface area is 57.5 Å². The minimum absolute atomic E-state index is 0. The zero-order chi connectivity index (χ0) is 4.50. The Morgan fingerprint density at radius 3 is 1.12 bits per heavy atom. The fourth-order valence-corrected chi connectivity index (χ4v) is 0. The van der Waals surface area contributed by atoms with E-state index in [2.05, 4.69) is 0 Å². The van der Waals surface area contributed by atoms with E-state index in [4.69, 9.17) is 19.2 Å². The van der Waals surface area contributed by atoms with Gasteiger partial charge in [-0.15, -0.1) is 0 Å². The Bertz CT molecular complexity index is 64.7. The van der Waals surface area contributed by atoms with Crippen LogP contribution in [0.3, 0.4) is 0 Å². The summed E-state index contributed by atoms with van der Waals surface area (Å²) in [5.41, 5.74) is 0. The number of rotatable bonds is 0. The SMILES string of the molecule is F.F.O=P(O)(O)O.[H-].[Li+]. The molecular weight excluding hydrogens is 140 g/mol. The molecule has 0 aromatic rings. The van der Waals surface area contributed by atoms with Gasteiger partial charge in [0.2, 0.25) is 0 Å². The van der Waals surface area contributed by atoms with Crippen LogP contribution in [0.15, 0.2) is 0 Å². The van der Waals surface area contributed by atoms with Crippen LogP contribution in [0.1, 0.15) is 1.43 Å². The van der Waals surface area contributed by atoms with E-state index in [9.17, 15) is 0 Å². The molecule has 0 rings (SSSR count). The summed E-state index contributed by atoms with van der Waals surface area (Å²) in [6.45, 7) is 0. The van der Waals surface area contributed by atoms with Gasteiger partial charge in [-0.3, -0.25) is 9.41 Å². The van der Waals surface area contributed by atoms with E-state index >= 15 is 0 Å². The van der Waals surface area contributed by atoms with Crippen LogP contribution in [0.2, 0.25) is 0 Å². The molecule has 0 bridgehead atoms. The fraction of sp³-hybridized carbons (Fsp3) is 0. The van der Waals surface area contributed by atoms with E-state index in [0.717, 1.165) is 0 Å². The van der Waals surface area contributed by atoms with Crippen LogP contribution in [-0.4, -0.2) is 14.7 Å². The van der Waals surface area contributed by atoms with Crippen LogP contribution in [-0.2, 0) is 4.57 Å². The van der Waals surface area contributed by atoms with Crippen LogP contribution >= 0.6 is 7.82 Å². The van der Waals surface area contributed by atoms with Gasteiger partial charge < -0.3 is 16.1 Å². The summed E-state index contributed by atoms with van der Waals surface area (Å²) >= 11 is 0. The van der Waals surface area contributed by atoms with E-state index in [1.165, 1.54) is 0 Å². The summed E-state index contributed by atoms with van der Waals surface area (Å²) in [4.78, 5) is 21.6. The van der Waals surface area contributed by atoms with E-state index < -0.39 is 7.82 Å². The third kappa shape index (κ3) is 632. The first-order valence-electron chi connectivity index (χ1n) is 0.783. The molecule has 3 N–H and O–H groups in total. The Balaban J connectivity index is -0.0000000133. The Kier molecular flexibility index (Phi) is 22.2. The first-order chi connectivity index (χ1) is 2.00. The van der Waals surface area contributed by atoms with E-state index in [0.29, 0.717) is 0 Å². The predicted octanol–water partition coefficient (Wildman–Crippen LogP) is -3.51. The van der Waals surface area contributed by atoms with Gasteiger partial charge in [-0.2, -0.15) is 0 Å². The van der Waals surface area contributed by atoms with Crippen molar-refractivity contribution in [3.8, 4) is 0 Å². The summed E-state index contributed by atoms with van der Waals surface area (Å²) < 4.78 is 8.88. The molecule has 0 heterocycles. The maximum absolute atomic E-state index is 8.88. The maximum atomic E-state index is 8.88. The molecule has 0 aromatic carbocycles. The molecule has 0 radical (unpaired) electrons. The summed E-state index contributed by atoms with van der Waals surface area (Å²) in [5.74, 6) is 0. The zero-order valence-corrected chi connectivity index (χ0v) is 4.91. The van der Waals surface area contributed by atoms with Gasteiger partial charge in [0, 0.05) is 0 Å². The molecule has 4 nitrogen and oxygen atoms in total. The molecule has 8 heavy (non-hydrogen) atoms. The molecule has 0 unspecified atom stereocenters.